The number of amides is 2. The predicted molar refractivity (Wildman–Crippen MR) is 116 cm³/mol. The number of hydrogen-bond acceptors (Lipinski definition) is 4. The van der Waals surface area contributed by atoms with E-state index in [0.717, 1.165) is 21.9 Å². The number of benzene rings is 3. The van der Waals surface area contributed by atoms with E-state index in [9.17, 15) is 9.59 Å². The lowest BCUT2D eigenvalue weighted by atomic mass is 10.1. The second-order valence-electron chi connectivity index (χ2n) is 7.28. The van der Waals surface area contributed by atoms with Crippen LogP contribution in [-0.4, -0.2) is 24.0 Å². The van der Waals surface area contributed by atoms with Crippen molar-refractivity contribution in [3.8, 4) is 11.5 Å². The fraction of sp³-hybridized carbons (Fsp3) is 0.250. The normalized spacial score (nSPS) is 12.7. The molecule has 3 aromatic rings. The molecule has 2 atom stereocenters. The molecule has 0 aliphatic heterocycles. The molecule has 0 aliphatic carbocycles. The van der Waals surface area contributed by atoms with E-state index < -0.39 is 24.0 Å². The Labute approximate surface area is 176 Å². The molecule has 0 bridgehead atoms. The van der Waals surface area contributed by atoms with Crippen molar-refractivity contribution in [3.63, 3.8) is 0 Å². The highest BCUT2D eigenvalue weighted by molar-refractivity contribution is 5.87. The van der Waals surface area contributed by atoms with Gasteiger partial charge in [0.05, 0.1) is 0 Å². The van der Waals surface area contributed by atoms with Crippen molar-refractivity contribution in [1.29, 1.82) is 0 Å². The van der Waals surface area contributed by atoms with Gasteiger partial charge in [-0.2, -0.15) is 0 Å². The van der Waals surface area contributed by atoms with Gasteiger partial charge in [0.15, 0.2) is 12.2 Å². The molecule has 3 rings (SSSR count). The second-order valence-corrected chi connectivity index (χ2v) is 7.28. The van der Waals surface area contributed by atoms with Crippen LogP contribution in [0.25, 0.3) is 10.8 Å². The molecule has 30 heavy (non-hydrogen) atoms. The highest BCUT2D eigenvalue weighted by atomic mass is 16.5. The lowest BCUT2D eigenvalue weighted by Gasteiger charge is -2.19. The number of aryl methyl sites for hydroxylation is 2. The first-order chi connectivity index (χ1) is 14.3. The van der Waals surface area contributed by atoms with Crippen LogP contribution in [0.5, 0.6) is 11.5 Å². The smallest absolute Gasteiger partial charge is 0.279 e. The minimum atomic E-state index is -0.790. The van der Waals surface area contributed by atoms with E-state index in [1.54, 1.807) is 13.8 Å². The van der Waals surface area contributed by atoms with Gasteiger partial charge in [0.1, 0.15) is 11.5 Å². The van der Waals surface area contributed by atoms with Crippen LogP contribution in [0.4, 0.5) is 0 Å². The minimum absolute atomic E-state index is 0.456. The van der Waals surface area contributed by atoms with Crippen LogP contribution >= 0.6 is 0 Å². The van der Waals surface area contributed by atoms with Crippen molar-refractivity contribution >= 4 is 22.6 Å². The number of hydrazine groups is 1. The zero-order valence-corrected chi connectivity index (χ0v) is 17.6. The molecule has 3 aromatic carbocycles. The third kappa shape index (κ3) is 5.29. The van der Waals surface area contributed by atoms with E-state index in [2.05, 4.69) is 10.9 Å². The first-order valence-electron chi connectivity index (χ1n) is 9.82. The zero-order chi connectivity index (χ0) is 21.7. The Morgan fingerprint density at radius 2 is 1.40 bits per heavy atom. The molecule has 2 unspecified atom stereocenters. The summed E-state index contributed by atoms with van der Waals surface area (Å²) in [6, 6.07) is 19.3. The van der Waals surface area contributed by atoms with Gasteiger partial charge in [0.2, 0.25) is 0 Å². The maximum Gasteiger partial charge on any atom is 0.279 e. The van der Waals surface area contributed by atoms with Gasteiger partial charge in [-0.3, -0.25) is 20.4 Å². The molecule has 6 nitrogen and oxygen atoms in total. The third-order valence-electron chi connectivity index (χ3n) is 4.73. The van der Waals surface area contributed by atoms with E-state index in [-0.39, 0.29) is 0 Å². The molecule has 6 heteroatoms. The molecule has 2 N–H and O–H groups in total. The van der Waals surface area contributed by atoms with E-state index in [1.165, 1.54) is 0 Å². The Morgan fingerprint density at radius 1 is 0.767 bits per heavy atom. The van der Waals surface area contributed by atoms with Crippen LogP contribution in [0, 0.1) is 13.8 Å². The number of rotatable bonds is 6. The summed E-state index contributed by atoms with van der Waals surface area (Å²) >= 11 is 0. The molecule has 0 heterocycles. The molecule has 0 spiro atoms. The third-order valence-corrected chi connectivity index (χ3v) is 4.73. The first-order valence-corrected chi connectivity index (χ1v) is 9.82. The van der Waals surface area contributed by atoms with Crippen molar-refractivity contribution in [1.82, 2.24) is 10.9 Å². The van der Waals surface area contributed by atoms with Crippen LogP contribution in [0.2, 0.25) is 0 Å². The van der Waals surface area contributed by atoms with Crippen LogP contribution < -0.4 is 20.3 Å². The largest absolute Gasteiger partial charge is 0.481 e. The Bertz CT molecular complexity index is 1060. The van der Waals surface area contributed by atoms with Crippen molar-refractivity contribution < 1.29 is 19.1 Å². The second kappa shape index (κ2) is 9.31. The van der Waals surface area contributed by atoms with Gasteiger partial charge in [0.25, 0.3) is 11.8 Å². The summed E-state index contributed by atoms with van der Waals surface area (Å²) < 4.78 is 11.4. The number of ether oxygens (including phenoxy) is 2. The molecular formula is C24H26N2O4. The van der Waals surface area contributed by atoms with Crippen LogP contribution in [0.3, 0.4) is 0 Å². The molecule has 156 valence electrons. The summed E-state index contributed by atoms with van der Waals surface area (Å²) in [5.41, 5.74) is 6.75. The predicted octanol–water partition coefficient (Wildman–Crippen LogP) is 3.84. The van der Waals surface area contributed by atoms with Gasteiger partial charge < -0.3 is 9.47 Å². The number of carbonyl (C=O) groups is 2. The standard InChI is InChI=1S/C24H26N2O4/c1-15-9-10-16(2)22(13-15)30-18(4)24(28)26-25-23(27)17(3)29-21-12-11-19-7-5-6-8-20(19)14-21/h5-14,17-18H,1-4H3,(H,25,27)(H,26,28). The molecule has 0 aromatic heterocycles. The number of hydrogen-bond donors (Lipinski definition) is 2. The molecule has 2 amide bonds. The molecule has 0 aliphatic rings. The van der Waals surface area contributed by atoms with Crippen molar-refractivity contribution in [2.75, 3.05) is 0 Å². The number of nitrogens with one attached hydrogen (secondary N) is 2. The lowest BCUT2D eigenvalue weighted by molar-refractivity contribution is -0.135. The van der Waals surface area contributed by atoms with Gasteiger partial charge in [-0.05, 0) is 67.8 Å². The Hall–Kier alpha value is -3.54. The van der Waals surface area contributed by atoms with Crippen molar-refractivity contribution in [2.45, 2.75) is 39.9 Å². The highest BCUT2D eigenvalue weighted by Gasteiger charge is 2.19. The van der Waals surface area contributed by atoms with Gasteiger partial charge in [0, 0.05) is 0 Å². The fourth-order valence-electron chi connectivity index (χ4n) is 2.90. The van der Waals surface area contributed by atoms with E-state index in [4.69, 9.17) is 9.47 Å². The van der Waals surface area contributed by atoms with Crippen molar-refractivity contribution in [2.24, 2.45) is 0 Å². The molecule has 0 fully saturated rings. The van der Waals surface area contributed by atoms with E-state index >= 15 is 0 Å². The van der Waals surface area contributed by atoms with Gasteiger partial charge >= 0.3 is 0 Å². The number of fused-ring (bicyclic) bond motifs is 1. The minimum Gasteiger partial charge on any atom is -0.481 e. The van der Waals surface area contributed by atoms with E-state index in [0.29, 0.717) is 11.5 Å². The quantitative estimate of drug-likeness (QED) is 0.610. The Kier molecular flexibility index (Phi) is 6.57. The van der Waals surface area contributed by atoms with Gasteiger partial charge in [-0.25, -0.2) is 0 Å². The van der Waals surface area contributed by atoms with Gasteiger partial charge in [-0.15, -0.1) is 0 Å². The summed E-state index contributed by atoms with van der Waals surface area (Å²) in [5, 5.41) is 2.11. The summed E-state index contributed by atoms with van der Waals surface area (Å²) in [6.45, 7) is 7.10. The summed E-state index contributed by atoms with van der Waals surface area (Å²) in [6.07, 6.45) is -1.57. The average Bonchev–Trinajstić information content (AvgIpc) is 2.74. The first kappa shape index (κ1) is 21.2. The Morgan fingerprint density at radius 3 is 2.10 bits per heavy atom. The zero-order valence-electron chi connectivity index (χ0n) is 17.6. The SMILES string of the molecule is Cc1ccc(C)c(OC(C)C(=O)NNC(=O)C(C)Oc2ccc3ccccc3c2)c1. The molecule has 0 saturated heterocycles. The van der Waals surface area contributed by atoms with E-state index in [1.807, 2.05) is 74.5 Å². The number of carbonyl (C=O) groups excluding carboxylic acids is 2. The van der Waals surface area contributed by atoms with Crippen LogP contribution in [0.1, 0.15) is 25.0 Å². The topological polar surface area (TPSA) is 76.7 Å². The Balaban J connectivity index is 1.52. The lowest BCUT2D eigenvalue weighted by Crippen LogP contribution is -2.50. The summed E-state index contributed by atoms with van der Waals surface area (Å²) in [4.78, 5) is 24.6. The molecular weight excluding hydrogens is 380 g/mol. The maximum atomic E-state index is 12.3. The fourth-order valence-corrected chi connectivity index (χ4v) is 2.90. The molecule has 0 saturated carbocycles. The average molecular weight is 406 g/mol. The van der Waals surface area contributed by atoms with Crippen molar-refractivity contribution in [3.05, 3.63) is 71.8 Å². The van der Waals surface area contributed by atoms with Crippen LogP contribution in [-0.2, 0) is 9.59 Å². The molecule has 0 radical (unpaired) electrons. The van der Waals surface area contributed by atoms with Crippen LogP contribution in [0.15, 0.2) is 60.7 Å². The monoisotopic (exact) mass is 406 g/mol. The maximum absolute atomic E-state index is 12.3. The summed E-state index contributed by atoms with van der Waals surface area (Å²) in [7, 11) is 0. The highest BCUT2D eigenvalue weighted by Crippen LogP contribution is 2.22. The van der Waals surface area contributed by atoms with Gasteiger partial charge in [-0.1, -0.05) is 42.5 Å². The summed E-state index contributed by atoms with van der Waals surface area (Å²) in [5.74, 6) is 0.295.